The minimum absolute atomic E-state index is 0.535. The van der Waals surface area contributed by atoms with Crippen molar-refractivity contribution in [2.75, 3.05) is 19.7 Å². The average Bonchev–Trinajstić information content (AvgIpc) is 3.34. The lowest BCUT2D eigenvalue weighted by Crippen LogP contribution is -2.44. The van der Waals surface area contributed by atoms with Crippen LogP contribution in [0.4, 0.5) is 0 Å². The fourth-order valence-corrected chi connectivity index (χ4v) is 6.99. The molecule has 5 heteroatoms. The van der Waals surface area contributed by atoms with E-state index in [4.69, 9.17) is 9.84 Å². The van der Waals surface area contributed by atoms with Crippen molar-refractivity contribution in [2.45, 2.75) is 57.9 Å². The van der Waals surface area contributed by atoms with E-state index in [1.165, 1.54) is 72.6 Å². The highest BCUT2D eigenvalue weighted by Crippen LogP contribution is 2.40. The molecule has 2 aliphatic heterocycles. The molecule has 0 amide bonds. The van der Waals surface area contributed by atoms with E-state index >= 15 is 0 Å². The standard InChI is InChI=1S/C31H34BrN3O/c1-3-36-31(29(32)26-17-20(2)16-21-8-4-5-10-25(21)26)23-11-12-28-27(19-23)30(34-33-28)22-13-15-35-14-7-6-9-24(35)18-22/h4-5,8,10-12,16-17,19,22,24H,3,6-7,9,13-15,18H2,1-2H3,(H,33,34). The number of aromatic nitrogens is 2. The highest BCUT2D eigenvalue weighted by Gasteiger charge is 2.32. The zero-order valence-corrected chi connectivity index (χ0v) is 22.8. The van der Waals surface area contributed by atoms with Crippen LogP contribution in [-0.2, 0) is 4.74 Å². The van der Waals surface area contributed by atoms with Gasteiger partial charge in [-0.15, -0.1) is 0 Å². The number of fused-ring (bicyclic) bond motifs is 3. The third-order valence-electron chi connectivity index (χ3n) is 8.06. The predicted octanol–water partition coefficient (Wildman–Crippen LogP) is 8.01. The number of aryl methyl sites for hydroxylation is 1. The molecule has 3 heterocycles. The lowest BCUT2D eigenvalue weighted by Gasteiger charge is -2.42. The zero-order valence-electron chi connectivity index (χ0n) is 21.2. The van der Waals surface area contributed by atoms with Gasteiger partial charge in [0.15, 0.2) is 0 Å². The molecule has 2 atom stereocenters. The fraction of sp³-hybridized carbons (Fsp3) is 0.387. The van der Waals surface area contributed by atoms with E-state index in [2.05, 4.69) is 87.4 Å². The van der Waals surface area contributed by atoms with E-state index in [0.29, 0.717) is 12.5 Å². The van der Waals surface area contributed by atoms with E-state index < -0.39 is 0 Å². The Morgan fingerprint density at radius 2 is 1.94 bits per heavy atom. The van der Waals surface area contributed by atoms with Crippen molar-refractivity contribution in [1.82, 2.24) is 15.1 Å². The lowest BCUT2D eigenvalue weighted by molar-refractivity contribution is 0.0968. The molecule has 2 aliphatic rings. The SMILES string of the molecule is CCOC(=C(Br)c1cc(C)cc2ccccc12)c1ccc2n[nH]c(C3CCN4CCCCC4C3)c2c1. The van der Waals surface area contributed by atoms with Crippen LogP contribution < -0.4 is 0 Å². The van der Waals surface area contributed by atoms with Gasteiger partial charge in [-0.1, -0.05) is 42.8 Å². The molecule has 3 aromatic carbocycles. The van der Waals surface area contributed by atoms with Gasteiger partial charge >= 0.3 is 0 Å². The van der Waals surface area contributed by atoms with Crippen molar-refractivity contribution in [3.63, 3.8) is 0 Å². The Balaban J connectivity index is 1.42. The van der Waals surface area contributed by atoms with Crippen LogP contribution in [-0.4, -0.2) is 40.8 Å². The molecule has 0 aliphatic carbocycles. The van der Waals surface area contributed by atoms with E-state index in [0.717, 1.165) is 32.9 Å². The number of benzene rings is 3. The van der Waals surface area contributed by atoms with Crippen LogP contribution in [0.15, 0.2) is 54.6 Å². The molecule has 0 bridgehead atoms. The Morgan fingerprint density at radius 3 is 2.83 bits per heavy atom. The van der Waals surface area contributed by atoms with Gasteiger partial charge in [-0.25, -0.2) is 0 Å². The second-order valence-corrected chi connectivity index (χ2v) is 11.2. The number of ether oxygens (including phenoxy) is 1. The Bertz CT molecular complexity index is 1440. The van der Waals surface area contributed by atoms with Gasteiger partial charge in [-0.2, -0.15) is 5.10 Å². The first-order valence-electron chi connectivity index (χ1n) is 13.4. The first-order valence-corrected chi connectivity index (χ1v) is 14.2. The summed E-state index contributed by atoms with van der Waals surface area (Å²) < 4.78 is 7.30. The molecule has 0 spiro atoms. The summed E-state index contributed by atoms with van der Waals surface area (Å²) >= 11 is 3.96. The Labute approximate surface area is 221 Å². The summed E-state index contributed by atoms with van der Waals surface area (Å²) in [7, 11) is 0. The minimum Gasteiger partial charge on any atom is -0.492 e. The van der Waals surface area contributed by atoms with Crippen molar-refractivity contribution in [3.05, 3.63) is 77.0 Å². The van der Waals surface area contributed by atoms with Crippen LogP contribution in [0.5, 0.6) is 0 Å². The highest BCUT2D eigenvalue weighted by molar-refractivity contribution is 9.15. The fourth-order valence-electron chi connectivity index (χ4n) is 6.32. The Kier molecular flexibility index (Phi) is 6.61. The Hall–Kier alpha value is -2.63. The molecule has 2 unspecified atom stereocenters. The van der Waals surface area contributed by atoms with Gasteiger partial charge in [-0.3, -0.25) is 5.10 Å². The number of nitrogens with zero attached hydrogens (tertiary/aromatic N) is 2. The third-order valence-corrected chi connectivity index (χ3v) is 8.84. The average molecular weight is 545 g/mol. The smallest absolute Gasteiger partial charge is 0.141 e. The first-order chi connectivity index (χ1) is 17.6. The number of hydrogen-bond acceptors (Lipinski definition) is 3. The molecule has 6 rings (SSSR count). The van der Waals surface area contributed by atoms with Gasteiger partial charge in [0.2, 0.25) is 0 Å². The summed E-state index contributed by atoms with van der Waals surface area (Å²) in [5.41, 5.74) is 5.81. The minimum atomic E-state index is 0.535. The first kappa shape index (κ1) is 23.7. The predicted molar refractivity (Wildman–Crippen MR) is 153 cm³/mol. The molecule has 2 fully saturated rings. The zero-order chi connectivity index (χ0) is 24.6. The molecule has 1 aromatic heterocycles. The van der Waals surface area contributed by atoms with Crippen molar-refractivity contribution >= 4 is 47.8 Å². The van der Waals surface area contributed by atoms with Crippen LogP contribution in [0.1, 0.15) is 67.3 Å². The number of halogens is 1. The number of hydrogen-bond donors (Lipinski definition) is 1. The van der Waals surface area contributed by atoms with Crippen LogP contribution >= 0.6 is 15.9 Å². The van der Waals surface area contributed by atoms with Crippen molar-refractivity contribution in [1.29, 1.82) is 0 Å². The van der Waals surface area contributed by atoms with Gasteiger partial charge in [-0.05, 0) is 103 Å². The molecule has 4 aromatic rings. The number of nitrogens with one attached hydrogen (secondary N) is 1. The molecule has 2 saturated heterocycles. The molecule has 0 saturated carbocycles. The van der Waals surface area contributed by atoms with Crippen LogP contribution in [0, 0.1) is 6.92 Å². The largest absolute Gasteiger partial charge is 0.492 e. The third kappa shape index (κ3) is 4.37. The number of aromatic amines is 1. The summed E-state index contributed by atoms with van der Waals surface area (Å²) in [6.45, 7) is 7.28. The summed E-state index contributed by atoms with van der Waals surface area (Å²) in [6.07, 6.45) is 6.49. The number of rotatable bonds is 5. The molecule has 186 valence electrons. The molecule has 0 radical (unpaired) electrons. The van der Waals surface area contributed by atoms with Gasteiger partial charge in [0.05, 0.1) is 16.6 Å². The quantitative estimate of drug-likeness (QED) is 0.204. The summed E-state index contributed by atoms with van der Waals surface area (Å²) in [5.74, 6) is 1.41. The van der Waals surface area contributed by atoms with E-state index in [1.54, 1.807) is 0 Å². The van der Waals surface area contributed by atoms with Crippen LogP contribution in [0.2, 0.25) is 0 Å². The molecular formula is C31H34BrN3O. The highest BCUT2D eigenvalue weighted by atomic mass is 79.9. The van der Waals surface area contributed by atoms with Crippen LogP contribution in [0.3, 0.4) is 0 Å². The van der Waals surface area contributed by atoms with Gasteiger partial charge < -0.3 is 9.64 Å². The molecule has 4 nitrogen and oxygen atoms in total. The maximum absolute atomic E-state index is 6.31. The van der Waals surface area contributed by atoms with Crippen molar-refractivity contribution in [3.8, 4) is 0 Å². The summed E-state index contributed by atoms with van der Waals surface area (Å²) in [4.78, 5) is 2.71. The van der Waals surface area contributed by atoms with Crippen molar-refractivity contribution in [2.24, 2.45) is 0 Å². The number of piperidine rings is 2. The maximum atomic E-state index is 6.31. The normalized spacial score (nSPS) is 21.4. The number of H-pyrrole nitrogens is 1. The topological polar surface area (TPSA) is 41.1 Å². The van der Waals surface area contributed by atoms with Crippen molar-refractivity contribution < 1.29 is 4.74 Å². The second-order valence-electron chi connectivity index (χ2n) is 10.4. The Morgan fingerprint density at radius 1 is 1.06 bits per heavy atom. The van der Waals surface area contributed by atoms with E-state index in [1.807, 2.05) is 6.92 Å². The molecule has 36 heavy (non-hydrogen) atoms. The van der Waals surface area contributed by atoms with Gasteiger partial charge in [0.25, 0.3) is 0 Å². The second kappa shape index (κ2) is 10.0. The van der Waals surface area contributed by atoms with Crippen LogP contribution in [0.25, 0.3) is 31.9 Å². The van der Waals surface area contributed by atoms with E-state index in [9.17, 15) is 0 Å². The van der Waals surface area contributed by atoms with Gasteiger partial charge in [0, 0.05) is 34.2 Å². The summed E-state index contributed by atoms with van der Waals surface area (Å²) in [5, 5.41) is 11.8. The molecular weight excluding hydrogens is 510 g/mol. The van der Waals surface area contributed by atoms with E-state index in [-0.39, 0.29) is 0 Å². The molecule has 1 N–H and O–H groups in total. The maximum Gasteiger partial charge on any atom is 0.141 e. The lowest BCUT2D eigenvalue weighted by atomic mass is 9.83. The summed E-state index contributed by atoms with van der Waals surface area (Å²) in [6, 6.07) is 20.3. The monoisotopic (exact) mass is 543 g/mol. The van der Waals surface area contributed by atoms with Gasteiger partial charge in [0.1, 0.15) is 5.76 Å².